The van der Waals surface area contributed by atoms with Gasteiger partial charge in [0.15, 0.2) is 0 Å². The molecular formula is C24H18F3N3O. The van der Waals surface area contributed by atoms with Crippen LogP contribution in [0, 0.1) is 0 Å². The summed E-state index contributed by atoms with van der Waals surface area (Å²) in [5.74, 6) is -0.242. The van der Waals surface area contributed by atoms with Gasteiger partial charge >= 0.3 is 6.18 Å². The minimum atomic E-state index is -4.45. The van der Waals surface area contributed by atoms with Crippen LogP contribution in [-0.4, -0.2) is 15.9 Å². The molecule has 156 valence electrons. The Morgan fingerprint density at radius 1 is 0.968 bits per heavy atom. The highest BCUT2D eigenvalue weighted by molar-refractivity contribution is 5.93. The molecule has 0 saturated carbocycles. The number of para-hydroxylation sites is 1. The lowest BCUT2D eigenvalue weighted by Gasteiger charge is -2.14. The Bertz CT molecular complexity index is 1220. The van der Waals surface area contributed by atoms with Gasteiger partial charge in [0.25, 0.3) is 0 Å². The van der Waals surface area contributed by atoms with E-state index in [2.05, 4.69) is 15.3 Å². The molecule has 4 rings (SSSR count). The van der Waals surface area contributed by atoms with Gasteiger partial charge < -0.3 is 5.32 Å². The molecule has 2 aromatic carbocycles. The molecule has 0 aliphatic heterocycles. The van der Waals surface area contributed by atoms with Crippen molar-refractivity contribution >= 4 is 22.5 Å². The van der Waals surface area contributed by atoms with Gasteiger partial charge in [-0.2, -0.15) is 13.2 Å². The second kappa shape index (κ2) is 8.55. The molecule has 1 amide bonds. The van der Waals surface area contributed by atoms with E-state index >= 15 is 0 Å². The predicted molar refractivity (Wildman–Crippen MR) is 113 cm³/mol. The van der Waals surface area contributed by atoms with Crippen molar-refractivity contribution in [2.75, 3.05) is 5.32 Å². The number of alkyl halides is 3. The minimum Gasteiger partial charge on any atom is -0.325 e. The summed E-state index contributed by atoms with van der Waals surface area (Å²) in [5.41, 5.74) is 2.30. The fourth-order valence-electron chi connectivity index (χ4n) is 3.37. The van der Waals surface area contributed by atoms with Gasteiger partial charge in [-0.05, 0) is 47.9 Å². The molecule has 0 atom stereocenters. The number of fused-ring (bicyclic) bond motifs is 1. The number of carbonyl (C=O) groups excluding carboxylic acids is 1. The van der Waals surface area contributed by atoms with Gasteiger partial charge in [0.05, 0.1) is 23.0 Å². The number of hydrogen-bond acceptors (Lipinski definition) is 3. The molecule has 0 bridgehead atoms. The van der Waals surface area contributed by atoms with Crippen LogP contribution in [0.5, 0.6) is 0 Å². The van der Waals surface area contributed by atoms with Crippen molar-refractivity contribution in [2.24, 2.45) is 0 Å². The number of carbonyl (C=O) groups is 1. The van der Waals surface area contributed by atoms with Crippen molar-refractivity contribution < 1.29 is 18.0 Å². The standard InChI is InChI=1S/C24H18F3N3O/c25-24(26,27)19-9-7-16(21(13-19)18-5-3-11-28-14-18)8-10-23(31)30-20-12-17-4-1-2-6-22(17)29-15-20/h1-7,9,11-15H,8,10H2,(H,30,31). The molecular weight excluding hydrogens is 403 g/mol. The molecule has 7 heteroatoms. The van der Waals surface area contributed by atoms with E-state index in [1.165, 1.54) is 12.3 Å². The van der Waals surface area contributed by atoms with E-state index in [0.717, 1.165) is 23.0 Å². The largest absolute Gasteiger partial charge is 0.416 e. The van der Waals surface area contributed by atoms with Crippen molar-refractivity contribution in [3.05, 3.63) is 90.4 Å². The summed E-state index contributed by atoms with van der Waals surface area (Å²) in [4.78, 5) is 20.8. The summed E-state index contributed by atoms with van der Waals surface area (Å²) in [6.07, 6.45) is 0.609. The zero-order valence-electron chi connectivity index (χ0n) is 16.4. The van der Waals surface area contributed by atoms with Crippen LogP contribution in [0.4, 0.5) is 18.9 Å². The number of nitrogens with zero attached hydrogens (tertiary/aromatic N) is 2. The maximum atomic E-state index is 13.2. The third kappa shape index (κ3) is 4.88. The first-order chi connectivity index (χ1) is 14.9. The highest BCUT2D eigenvalue weighted by Gasteiger charge is 2.31. The number of aromatic nitrogens is 2. The van der Waals surface area contributed by atoms with E-state index in [0.29, 0.717) is 22.4 Å². The van der Waals surface area contributed by atoms with Crippen LogP contribution >= 0.6 is 0 Å². The molecule has 4 nitrogen and oxygen atoms in total. The maximum Gasteiger partial charge on any atom is 0.416 e. The third-order valence-corrected chi connectivity index (χ3v) is 4.91. The van der Waals surface area contributed by atoms with E-state index in [-0.39, 0.29) is 18.7 Å². The molecule has 0 radical (unpaired) electrons. The first kappa shape index (κ1) is 20.5. The Kier molecular flexibility index (Phi) is 5.66. The zero-order chi connectivity index (χ0) is 21.8. The smallest absolute Gasteiger partial charge is 0.325 e. The van der Waals surface area contributed by atoms with Gasteiger partial charge in [-0.15, -0.1) is 0 Å². The first-order valence-electron chi connectivity index (χ1n) is 9.65. The van der Waals surface area contributed by atoms with Gasteiger partial charge in [-0.25, -0.2) is 0 Å². The number of nitrogens with one attached hydrogen (secondary N) is 1. The number of anilines is 1. The molecule has 4 aromatic rings. The lowest BCUT2D eigenvalue weighted by molar-refractivity contribution is -0.137. The second-order valence-corrected chi connectivity index (χ2v) is 7.08. The molecule has 0 fully saturated rings. The van der Waals surface area contributed by atoms with Crippen molar-refractivity contribution in [3.63, 3.8) is 0 Å². The molecule has 0 saturated heterocycles. The number of halogens is 3. The van der Waals surface area contributed by atoms with Gasteiger partial charge in [0.2, 0.25) is 5.91 Å². The summed E-state index contributed by atoms with van der Waals surface area (Å²) in [5, 5.41) is 3.71. The molecule has 0 aliphatic carbocycles. The van der Waals surface area contributed by atoms with E-state index in [9.17, 15) is 18.0 Å². The number of benzene rings is 2. The summed E-state index contributed by atoms with van der Waals surface area (Å²) < 4.78 is 39.6. The summed E-state index contributed by atoms with van der Waals surface area (Å²) >= 11 is 0. The summed E-state index contributed by atoms with van der Waals surface area (Å²) in [6, 6.07) is 16.3. The van der Waals surface area contributed by atoms with Crippen LogP contribution in [0.3, 0.4) is 0 Å². The van der Waals surface area contributed by atoms with Crippen LogP contribution < -0.4 is 5.32 Å². The quantitative estimate of drug-likeness (QED) is 0.437. The Morgan fingerprint density at radius 3 is 2.58 bits per heavy atom. The van der Waals surface area contributed by atoms with Crippen LogP contribution in [0.15, 0.2) is 79.3 Å². The fraction of sp³-hybridized carbons (Fsp3) is 0.125. The normalized spacial score (nSPS) is 11.5. The molecule has 2 aromatic heterocycles. The highest BCUT2D eigenvalue weighted by Crippen LogP contribution is 2.34. The highest BCUT2D eigenvalue weighted by atomic mass is 19.4. The average Bonchev–Trinajstić information content (AvgIpc) is 2.77. The Hall–Kier alpha value is -3.74. The number of hydrogen-bond donors (Lipinski definition) is 1. The maximum absolute atomic E-state index is 13.2. The predicted octanol–water partition coefficient (Wildman–Crippen LogP) is 5.89. The Labute approximate surface area is 176 Å². The van der Waals surface area contributed by atoms with Gasteiger partial charge in [-0.1, -0.05) is 30.3 Å². The third-order valence-electron chi connectivity index (χ3n) is 4.91. The molecule has 0 spiro atoms. The summed E-state index contributed by atoms with van der Waals surface area (Å²) in [7, 11) is 0. The van der Waals surface area contributed by atoms with E-state index < -0.39 is 11.7 Å². The van der Waals surface area contributed by atoms with Crippen molar-refractivity contribution in [3.8, 4) is 11.1 Å². The summed E-state index contributed by atoms with van der Waals surface area (Å²) in [6.45, 7) is 0. The van der Waals surface area contributed by atoms with Crippen molar-refractivity contribution in [2.45, 2.75) is 19.0 Å². The SMILES string of the molecule is O=C(CCc1ccc(C(F)(F)F)cc1-c1cccnc1)Nc1cnc2ccccc2c1. The molecule has 0 unspecified atom stereocenters. The van der Waals surface area contributed by atoms with Gasteiger partial charge in [0, 0.05) is 29.8 Å². The lowest BCUT2D eigenvalue weighted by atomic mass is 9.95. The van der Waals surface area contributed by atoms with Crippen LogP contribution in [0.2, 0.25) is 0 Å². The van der Waals surface area contributed by atoms with Gasteiger partial charge in [-0.3, -0.25) is 14.8 Å². The number of pyridine rings is 2. The lowest BCUT2D eigenvalue weighted by Crippen LogP contribution is -2.13. The molecule has 1 N–H and O–H groups in total. The molecule has 0 aliphatic rings. The van der Waals surface area contributed by atoms with Crippen LogP contribution in [0.1, 0.15) is 17.5 Å². The second-order valence-electron chi connectivity index (χ2n) is 7.08. The van der Waals surface area contributed by atoms with E-state index in [4.69, 9.17) is 0 Å². The monoisotopic (exact) mass is 421 g/mol. The topological polar surface area (TPSA) is 54.9 Å². The molecule has 31 heavy (non-hydrogen) atoms. The number of amides is 1. The van der Waals surface area contributed by atoms with E-state index in [1.807, 2.05) is 30.3 Å². The van der Waals surface area contributed by atoms with Crippen LogP contribution in [0.25, 0.3) is 22.0 Å². The van der Waals surface area contributed by atoms with E-state index in [1.54, 1.807) is 24.5 Å². The number of rotatable bonds is 5. The van der Waals surface area contributed by atoms with Crippen LogP contribution in [-0.2, 0) is 17.4 Å². The Balaban J connectivity index is 1.52. The first-order valence-corrected chi connectivity index (χ1v) is 9.65. The molecule has 2 heterocycles. The van der Waals surface area contributed by atoms with Crippen molar-refractivity contribution in [1.29, 1.82) is 0 Å². The fourth-order valence-corrected chi connectivity index (χ4v) is 3.37. The zero-order valence-corrected chi connectivity index (χ0v) is 16.4. The average molecular weight is 421 g/mol. The number of aryl methyl sites for hydroxylation is 1. The Morgan fingerprint density at radius 2 is 1.81 bits per heavy atom. The minimum absolute atomic E-state index is 0.117. The van der Waals surface area contributed by atoms with Crippen molar-refractivity contribution in [1.82, 2.24) is 9.97 Å². The van der Waals surface area contributed by atoms with Gasteiger partial charge in [0.1, 0.15) is 0 Å².